The Morgan fingerprint density at radius 1 is 1.04 bits per heavy atom. The molecule has 3 aromatic heterocycles. The van der Waals surface area contributed by atoms with Gasteiger partial charge < -0.3 is 35.0 Å². The molecule has 6 rings (SSSR count). The number of esters is 1. The first-order valence-electron chi connectivity index (χ1n) is 15.0. The summed E-state index contributed by atoms with van der Waals surface area (Å²) in [6.07, 6.45) is 3.72. The summed E-state index contributed by atoms with van der Waals surface area (Å²) >= 11 is 0. The molecular weight excluding hydrogens is 572 g/mol. The van der Waals surface area contributed by atoms with E-state index in [1.165, 1.54) is 7.11 Å². The highest BCUT2D eigenvalue weighted by Crippen LogP contribution is 2.44. The van der Waals surface area contributed by atoms with E-state index in [0.717, 1.165) is 39.5 Å². The number of methoxy groups -OCH3 is 1. The molecule has 45 heavy (non-hydrogen) atoms. The maximum Gasteiger partial charge on any atom is 0.342 e. The van der Waals surface area contributed by atoms with Crippen molar-refractivity contribution in [3.8, 4) is 5.75 Å². The van der Waals surface area contributed by atoms with Gasteiger partial charge in [-0.1, -0.05) is 26.5 Å². The van der Waals surface area contributed by atoms with E-state index in [0.29, 0.717) is 55.6 Å². The minimum Gasteiger partial charge on any atom is -0.515 e. The van der Waals surface area contributed by atoms with Crippen molar-refractivity contribution in [2.24, 2.45) is 0 Å². The Kier molecular flexibility index (Phi) is 7.31. The van der Waals surface area contributed by atoms with Gasteiger partial charge in [-0.2, -0.15) is 0 Å². The predicted octanol–water partition coefficient (Wildman–Crippen LogP) is 6.33. The van der Waals surface area contributed by atoms with Gasteiger partial charge in [0.25, 0.3) is 0 Å². The van der Waals surface area contributed by atoms with Crippen molar-refractivity contribution in [2.45, 2.75) is 58.8 Å². The molecule has 0 saturated carbocycles. The number of H-pyrrole nitrogens is 3. The number of carboxylic acid groups (broad SMARTS) is 1. The first-order valence-corrected chi connectivity index (χ1v) is 15.0. The number of aromatic hydroxyl groups is 1. The van der Waals surface area contributed by atoms with Gasteiger partial charge in [-0.05, 0) is 61.6 Å². The molecule has 2 aliphatic heterocycles. The molecular formula is C35H36N4O6. The van der Waals surface area contributed by atoms with Gasteiger partial charge in [0.05, 0.1) is 29.9 Å². The van der Waals surface area contributed by atoms with Crippen LogP contribution in [0.1, 0.15) is 82.5 Å². The van der Waals surface area contributed by atoms with Crippen molar-refractivity contribution in [1.29, 1.82) is 0 Å². The maximum absolute atomic E-state index is 13.2. The van der Waals surface area contributed by atoms with E-state index < -0.39 is 11.9 Å². The van der Waals surface area contributed by atoms with Gasteiger partial charge in [-0.3, -0.25) is 9.78 Å². The van der Waals surface area contributed by atoms with E-state index in [-0.39, 0.29) is 36.0 Å². The van der Waals surface area contributed by atoms with Gasteiger partial charge in [0, 0.05) is 67.4 Å². The Bertz CT molecular complexity index is 2290. The second kappa shape index (κ2) is 11.0. The maximum atomic E-state index is 13.2. The summed E-state index contributed by atoms with van der Waals surface area (Å²) in [5.41, 5.74) is 8.46. The number of carbonyl (C=O) groups excluding carboxylic acids is 1. The average Bonchev–Trinajstić information content (AvgIpc) is 3.76. The predicted molar refractivity (Wildman–Crippen MR) is 174 cm³/mol. The fourth-order valence-electron chi connectivity index (χ4n) is 6.98. The van der Waals surface area contributed by atoms with Crippen LogP contribution in [0.25, 0.3) is 45.3 Å². The molecule has 6 N–H and O–H groups in total. The van der Waals surface area contributed by atoms with E-state index in [9.17, 15) is 24.9 Å². The van der Waals surface area contributed by atoms with Crippen molar-refractivity contribution in [3.63, 3.8) is 0 Å². The number of aliphatic carboxylic acids is 1. The van der Waals surface area contributed by atoms with Crippen molar-refractivity contribution in [1.82, 2.24) is 19.9 Å². The number of aryl methyl sites for hydroxylation is 3. The first-order chi connectivity index (χ1) is 21.5. The fraction of sp³-hybridized carbons (Fsp3) is 0.286. The van der Waals surface area contributed by atoms with E-state index in [4.69, 9.17) is 9.72 Å². The Hall–Kier alpha value is -5.25. The topological polar surface area (TPSA) is 164 Å². The molecule has 10 heteroatoms. The number of nitrogens with one attached hydrogen (secondary N) is 3. The van der Waals surface area contributed by atoms with Gasteiger partial charge in [0.2, 0.25) is 0 Å². The quantitative estimate of drug-likeness (QED) is 0.123. The number of carbonyl (C=O) groups is 2. The van der Waals surface area contributed by atoms with Crippen molar-refractivity contribution < 1.29 is 29.6 Å². The van der Waals surface area contributed by atoms with Crippen LogP contribution in [-0.2, 0) is 16.0 Å². The van der Waals surface area contributed by atoms with Crippen LogP contribution in [0, 0.1) is 24.4 Å². The van der Waals surface area contributed by atoms with Crippen LogP contribution in [-0.4, -0.2) is 54.3 Å². The van der Waals surface area contributed by atoms with E-state index in [1.54, 1.807) is 6.08 Å². The number of hydrogen-bond acceptors (Lipinski definition) is 6. The number of aliphatic hydroxyl groups is 1. The molecule has 232 valence electrons. The molecule has 1 aliphatic carbocycles. The molecule has 10 nitrogen and oxygen atoms in total. The molecule has 0 spiro atoms. The molecule has 0 saturated heterocycles. The van der Waals surface area contributed by atoms with Gasteiger partial charge in [0.15, 0.2) is 0 Å². The molecule has 2 atom stereocenters. The lowest BCUT2D eigenvalue weighted by Gasteiger charge is -2.15. The third-order valence-electron chi connectivity index (χ3n) is 9.38. The van der Waals surface area contributed by atoms with Crippen LogP contribution in [0.5, 0.6) is 5.75 Å². The molecule has 0 amide bonds. The van der Waals surface area contributed by atoms with Crippen molar-refractivity contribution in [2.75, 3.05) is 7.11 Å². The van der Waals surface area contributed by atoms with Gasteiger partial charge in [-0.15, -0.1) is 0 Å². The summed E-state index contributed by atoms with van der Waals surface area (Å²) in [5, 5.41) is 33.6. The van der Waals surface area contributed by atoms with Crippen LogP contribution >= 0.6 is 0 Å². The standard InChI is InChI=1S/C35H36N4O6/c1-7-18-15(3)22-11-23-16(4)20(9-10-28(41)42)32(38-23)30-31(35(44)45-6)34(43)29-17(5)24(39-33(29)30)12-26-19(8-2)21(14-40)27(37-26)13-25(18)36-22/h7,11-14,16,20,36-37,39-40,43H,1,8-10H2,2-6H3,(H,41,42)/t16-,20-/m0/s1. The highest BCUT2D eigenvalue weighted by molar-refractivity contribution is 6.00. The zero-order valence-corrected chi connectivity index (χ0v) is 25.9. The number of rotatable bonds is 6. The monoisotopic (exact) mass is 608 g/mol. The van der Waals surface area contributed by atoms with Crippen LogP contribution in [0.2, 0.25) is 0 Å². The van der Waals surface area contributed by atoms with Crippen LogP contribution in [0.3, 0.4) is 0 Å². The smallest absolute Gasteiger partial charge is 0.342 e. The lowest BCUT2D eigenvalue weighted by atomic mass is 9.86. The first kappa shape index (κ1) is 29.8. The van der Waals surface area contributed by atoms with Gasteiger partial charge >= 0.3 is 11.9 Å². The minimum absolute atomic E-state index is 0.00232. The third-order valence-corrected chi connectivity index (χ3v) is 9.38. The second-order valence-electron chi connectivity index (χ2n) is 11.7. The van der Waals surface area contributed by atoms with Gasteiger partial charge in [-0.25, -0.2) is 4.79 Å². The number of aliphatic hydroxyl groups excluding tert-OH is 1. The highest BCUT2D eigenvalue weighted by Gasteiger charge is 2.34. The Morgan fingerprint density at radius 3 is 2.38 bits per heavy atom. The second-order valence-corrected chi connectivity index (χ2v) is 11.7. The van der Waals surface area contributed by atoms with E-state index in [2.05, 4.69) is 21.5 Å². The fourth-order valence-corrected chi connectivity index (χ4v) is 6.98. The van der Waals surface area contributed by atoms with E-state index in [1.807, 2.05) is 45.9 Å². The lowest BCUT2D eigenvalue weighted by molar-refractivity contribution is -0.137. The van der Waals surface area contributed by atoms with Crippen LogP contribution in [0.4, 0.5) is 0 Å². The third kappa shape index (κ3) is 4.51. The zero-order chi connectivity index (χ0) is 32.3. The summed E-state index contributed by atoms with van der Waals surface area (Å²) in [6, 6.07) is 5.83. The number of ether oxygens (including phenoxy) is 1. The Labute approximate surface area is 258 Å². The molecule has 0 unspecified atom stereocenters. The number of carboxylic acids is 1. The summed E-state index contributed by atoms with van der Waals surface area (Å²) in [7, 11) is 1.26. The number of aromatic amines is 3. The Balaban J connectivity index is 1.92. The van der Waals surface area contributed by atoms with Crippen molar-refractivity contribution >= 4 is 57.2 Å². The van der Waals surface area contributed by atoms with Crippen LogP contribution in [0.15, 0.2) is 24.8 Å². The molecule has 0 radical (unpaired) electrons. The largest absolute Gasteiger partial charge is 0.515 e. The highest BCUT2D eigenvalue weighted by atomic mass is 16.5. The number of hydrogen-bond donors (Lipinski definition) is 6. The number of nitrogens with zero attached hydrogens (tertiary/aromatic N) is 1. The number of aromatic nitrogens is 4. The summed E-state index contributed by atoms with van der Waals surface area (Å²) in [5.74, 6) is -2.41. The average molecular weight is 609 g/mol. The van der Waals surface area contributed by atoms with Crippen LogP contribution < -0.4 is 5.22 Å². The molecule has 0 fully saturated rings. The zero-order valence-electron chi connectivity index (χ0n) is 25.9. The molecule has 8 bridgehead atoms. The minimum atomic E-state index is -0.930. The van der Waals surface area contributed by atoms with Crippen molar-refractivity contribution in [3.05, 3.63) is 79.8 Å². The van der Waals surface area contributed by atoms with Gasteiger partial charge in [0.1, 0.15) is 11.3 Å². The molecule has 3 aromatic rings. The SMILES string of the molecule is C=Cc1c(C)c2cc3nc(c4c(C(=O)OC)c(O)c5c(C)c(cc6[nH]c(cc1[nH]2)c(=CO)c6CC)[nH]c5=4)[C@@H](CCC(=O)O)[C@@H]3C. The molecule has 0 aromatic carbocycles. The summed E-state index contributed by atoms with van der Waals surface area (Å²) in [6.45, 7) is 11.9. The molecule has 5 heterocycles. The summed E-state index contributed by atoms with van der Waals surface area (Å²) in [4.78, 5) is 40.4. The normalized spacial score (nSPS) is 16.2. The number of fused-ring (bicyclic) bond motifs is 8. The lowest BCUT2D eigenvalue weighted by Crippen LogP contribution is -2.08. The molecule has 3 aliphatic rings. The summed E-state index contributed by atoms with van der Waals surface area (Å²) < 4.78 is 5.13. The van der Waals surface area contributed by atoms with E-state index >= 15 is 0 Å². The Morgan fingerprint density at radius 2 is 1.73 bits per heavy atom.